The highest BCUT2D eigenvalue weighted by Gasteiger charge is 2.34. The van der Waals surface area contributed by atoms with Crippen LogP contribution in [0.25, 0.3) is 33.3 Å². The molecule has 2 atom stereocenters. The Morgan fingerprint density at radius 2 is 1.45 bits per heavy atom. The van der Waals surface area contributed by atoms with Crippen molar-refractivity contribution in [3.05, 3.63) is 70.3 Å². The predicted molar refractivity (Wildman–Crippen MR) is 311 cm³/mol. The Bertz CT molecular complexity index is 2950. The van der Waals surface area contributed by atoms with Crippen molar-refractivity contribution < 1.29 is 47.6 Å². The number of nitrogens with one attached hydrogen (secondary N) is 3. The Morgan fingerprint density at radius 1 is 0.793 bits per heavy atom. The molecule has 22 heteroatoms. The molecule has 5 aromatic rings. The third-order valence-corrected chi connectivity index (χ3v) is 15.3. The Hall–Kier alpha value is -6.30. The number of aromatic nitrogens is 6. The molecular formula is C60H87N11O11. The van der Waals surface area contributed by atoms with Crippen LogP contribution in [-0.2, 0) is 62.8 Å². The molecule has 3 N–H and O–H groups in total. The van der Waals surface area contributed by atoms with Gasteiger partial charge in [-0.3, -0.25) is 33.8 Å². The van der Waals surface area contributed by atoms with Crippen LogP contribution in [0.4, 0.5) is 10.7 Å². The molecule has 8 rings (SSSR count). The van der Waals surface area contributed by atoms with Crippen LogP contribution in [0.3, 0.4) is 0 Å². The number of amides is 3. The second-order valence-electron chi connectivity index (χ2n) is 23.1. The number of hydrogen-bond acceptors (Lipinski definition) is 17. The van der Waals surface area contributed by atoms with Gasteiger partial charge in [0.05, 0.1) is 68.7 Å². The molecule has 448 valence electrons. The number of esters is 1. The van der Waals surface area contributed by atoms with Crippen molar-refractivity contribution in [1.82, 2.24) is 49.3 Å². The zero-order valence-corrected chi connectivity index (χ0v) is 49.3. The standard InChI is InChI=1S/C60H87N11O11/c1-8-9-24-61-57-62-39-47-53(66-71(54(47)65-57)45-17-19-46(20-18-45)81-56(74)52(41(2)3)64-58(75)82-60(4,5)6)44-15-12-43(13-16-44)40-69-27-25-68(26-28-69)29-31-78-33-35-80-37-36-79-34-32-77-30-10-11-42-14-21-48-50(38-42)67(7)59(76)70(48)49-22-23-51(72)63-55(49)73/h12-16,21,38-39,41,45-46,49,52H,8-11,17-20,22-37,40H2,1-7H3,(H,64,75)(H,61,62,65)(H,63,72,73)/t45?,46?,49?,52-/m0/s1. The highest BCUT2D eigenvalue weighted by atomic mass is 16.6. The SMILES string of the molecule is CCCCNc1ncc2c(-c3ccc(CN4CCN(CCOCCOCCOCCOCCCc5ccc6c(c5)n(C)c(=O)n6C5CCC(=O)NC5=O)CC4)cc3)nn(C3CCC(OC(=O)[C@@H](NC(=O)OC(C)(C)C)C(C)C)CC3)c2n1. The summed E-state index contributed by atoms with van der Waals surface area (Å²) >= 11 is 0. The first-order chi connectivity index (χ1) is 39.5. The summed E-state index contributed by atoms with van der Waals surface area (Å²) in [6.45, 7) is 22.0. The number of imidazole rings is 1. The molecule has 3 aromatic heterocycles. The van der Waals surface area contributed by atoms with Crippen molar-refractivity contribution in [3.63, 3.8) is 0 Å². The minimum atomic E-state index is -0.813. The summed E-state index contributed by atoms with van der Waals surface area (Å²) in [5.41, 5.74) is 5.43. The van der Waals surface area contributed by atoms with Gasteiger partial charge in [-0.05, 0) is 101 Å². The molecular weight excluding hydrogens is 1050 g/mol. The summed E-state index contributed by atoms with van der Waals surface area (Å²) in [6.07, 6.45) is 7.98. The second kappa shape index (κ2) is 29.8. The van der Waals surface area contributed by atoms with Gasteiger partial charge in [0.2, 0.25) is 17.8 Å². The number of alkyl carbamates (subject to hydrolysis) is 1. The topological polar surface area (TPSA) is 237 Å². The van der Waals surface area contributed by atoms with Crippen LogP contribution >= 0.6 is 0 Å². The lowest BCUT2D eigenvalue weighted by Crippen LogP contribution is -2.48. The number of hydrogen-bond donors (Lipinski definition) is 3. The van der Waals surface area contributed by atoms with Crippen LogP contribution < -0.4 is 21.6 Å². The summed E-state index contributed by atoms with van der Waals surface area (Å²) in [7, 11) is 1.70. The van der Waals surface area contributed by atoms with Crippen molar-refractivity contribution in [2.75, 3.05) is 97.4 Å². The number of fused-ring (bicyclic) bond motifs is 2. The number of anilines is 1. The van der Waals surface area contributed by atoms with Crippen LogP contribution in [0.5, 0.6) is 0 Å². The highest BCUT2D eigenvalue weighted by Crippen LogP contribution is 2.36. The van der Waals surface area contributed by atoms with Gasteiger partial charge in [-0.25, -0.2) is 24.0 Å². The Kier molecular flexibility index (Phi) is 22.4. The minimum Gasteiger partial charge on any atom is -0.461 e. The smallest absolute Gasteiger partial charge is 0.408 e. The molecule has 0 bridgehead atoms. The maximum Gasteiger partial charge on any atom is 0.408 e. The van der Waals surface area contributed by atoms with E-state index in [1.807, 2.05) is 38.2 Å². The number of piperazine rings is 1. The van der Waals surface area contributed by atoms with Crippen molar-refractivity contribution in [3.8, 4) is 11.3 Å². The monoisotopic (exact) mass is 1140 g/mol. The first-order valence-corrected chi connectivity index (χ1v) is 29.6. The van der Waals surface area contributed by atoms with E-state index in [0.717, 1.165) is 118 Å². The molecule has 2 aromatic carbocycles. The van der Waals surface area contributed by atoms with E-state index in [2.05, 4.69) is 61.6 Å². The molecule has 0 radical (unpaired) electrons. The van der Waals surface area contributed by atoms with E-state index < -0.39 is 35.7 Å². The molecule has 82 heavy (non-hydrogen) atoms. The lowest BCUT2D eigenvalue weighted by molar-refractivity contribution is -0.154. The van der Waals surface area contributed by atoms with Gasteiger partial charge in [0.1, 0.15) is 29.5 Å². The van der Waals surface area contributed by atoms with E-state index in [-0.39, 0.29) is 36.1 Å². The molecule has 2 aliphatic heterocycles. The van der Waals surface area contributed by atoms with Gasteiger partial charge in [-0.1, -0.05) is 57.5 Å². The van der Waals surface area contributed by atoms with E-state index in [0.29, 0.717) is 83.6 Å². The number of rotatable bonds is 29. The molecule has 1 saturated carbocycles. The lowest BCUT2D eigenvalue weighted by Gasteiger charge is -2.34. The number of piperidine rings is 1. The first kappa shape index (κ1) is 61.8. The summed E-state index contributed by atoms with van der Waals surface area (Å²) in [5.74, 6) is -0.787. The van der Waals surface area contributed by atoms with Gasteiger partial charge in [0.25, 0.3) is 0 Å². The number of benzene rings is 2. The van der Waals surface area contributed by atoms with Gasteiger partial charge in [0.15, 0.2) is 5.65 Å². The third-order valence-electron chi connectivity index (χ3n) is 15.3. The van der Waals surface area contributed by atoms with Gasteiger partial charge in [0, 0.05) is 77.6 Å². The molecule has 3 aliphatic rings. The molecule has 1 aliphatic carbocycles. The average Bonchev–Trinajstić information content (AvgIpc) is 3.07. The number of carbonyl (C=O) groups excluding carboxylic acids is 4. The Balaban J connectivity index is 0.688. The normalized spacial score (nSPS) is 18.8. The van der Waals surface area contributed by atoms with E-state index in [9.17, 15) is 24.0 Å². The van der Waals surface area contributed by atoms with Gasteiger partial charge < -0.3 is 39.1 Å². The molecule has 3 fully saturated rings. The summed E-state index contributed by atoms with van der Waals surface area (Å²) < 4.78 is 39.6. The number of carbonyl (C=O) groups is 4. The summed E-state index contributed by atoms with van der Waals surface area (Å²) in [5, 5.41) is 14.6. The number of imide groups is 1. The van der Waals surface area contributed by atoms with Gasteiger partial charge in [-0.2, -0.15) is 10.1 Å². The quantitative estimate of drug-likeness (QED) is 0.0256. The molecule has 3 amide bonds. The molecule has 22 nitrogen and oxygen atoms in total. The van der Waals surface area contributed by atoms with Crippen molar-refractivity contribution in [2.45, 2.75) is 142 Å². The maximum atomic E-state index is 13.3. The predicted octanol–water partition coefficient (Wildman–Crippen LogP) is 6.73. The van der Waals surface area contributed by atoms with E-state index in [4.69, 9.17) is 43.5 Å². The fourth-order valence-electron chi connectivity index (χ4n) is 10.8. The van der Waals surface area contributed by atoms with E-state index >= 15 is 0 Å². The van der Waals surface area contributed by atoms with E-state index in [1.54, 1.807) is 32.4 Å². The first-order valence-electron chi connectivity index (χ1n) is 29.6. The van der Waals surface area contributed by atoms with Crippen LogP contribution in [0.15, 0.2) is 53.5 Å². The zero-order valence-electron chi connectivity index (χ0n) is 49.3. The number of unbranched alkanes of at least 4 members (excludes halogenated alkanes) is 1. The lowest BCUT2D eigenvalue weighted by atomic mass is 9.93. The van der Waals surface area contributed by atoms with Gasteiger partial charge >= 0.3 is 17.8 Å². The van der Waals surface area contributed by atoms with E-state index in [1.165, 1.54) is 10.1 Å². The number of aryl methyl sites for hydroxylation is 2. The average molecular weight is 1140 g/mol. The number of nitrogens with zero attached hydrogens (tertiary/aromatic N) is 8. The largest absolute Gasteiger partial charge is 0.461 e. The second-order valence-corrected chi connectivity index (χ2v) is 23.1. The molecule has 1 unspecified atom stereocenters. The van der Waals surface area contributed by atoms with Crippen LogP contribution in [0.2, 0.25) is 0 Å². The van der Waals surface area contributed by atoms with Crippen molar-refractivity contribution in [2.24, 2.45) is 13.0 Å². The fraction of sp³-hybridized carbons (Fsp3) is 0.633. The van der Waals surface area contributed by atoms with Crippen LogP contribution in [0.1, 0.15) is 123 Å². The summed E-state index contributed by atoms with van der Waals surface area (Å²) in [6, 6.07) is 13.1. The molecule has 2 saturated heterocycles. The molecule has 0 spiro atoms. The Morgan fingerprint density at radius 3 is 2.11 bits per heavy atom. The zero-order chi connectivity index (χ0) is 58.2. The highest BCUT2D eigenvalue weighted by molar-refractivity contribution is 6.00. The third kappa shape index (κ3) is 17.2. The van der Waals surface area contributed by atoms with Gasteiger partial charge in [-0.15, -0.1) is 0 Å². The Labute approximate surface area is 481 Å². The van der Waals surface area contributed by atoms with Crippen molar-refractivity contribution >= 4 is 51.9 Å². The van der Waals surface area contributed by atoms with Crippen LogP contribution in [-0.4, -0.2) is 172 Å². The summed E-state index contributed by atoms with van der Waals surface area (Å²) in [4.78, 5) is 77.7. The number of ether oxygens (including phenoxy) is 6. The van der Waals surface area contributed by atoms with Crippen molar-refractivity contribution in [1.29, 1.82) is 0 Å². The fourth-order valence-corrected chi connectivity index (χ4v) is 10.8. The molecule has 5 heterocycles. The minimum absolute atomic E-state index is 0.0549. The maximum absolute atomic E-state index is 13.3. The van der Waals surface area contributed by atoms with Crippen LogP contribution in [0, 0.1) is 5.92 Å².